The maximum atomic E-state index is 12.0. The summed E-state index contributed by atoms with van der Waals surface area (Å²) in [4.78, 5) is 4.12. The Balaban J connectivity index is 2.45. The largest absolute Gasteiger partial charge is 0.389 e. The average Bonchev–Trinajstić information content (AvgIpc) is 2.24. The summed E-state index contributed by atoms with van der Waals surface area (Å²) in [5.41, 5.74) is 0.784. The molecule has 1 atom stereocenters. The number of halogens is 3. The van der Waals surface area contributed by atoms with Gasteiger partial charge in [0.25, 0.3) is 0 Å². The summed E-state index contributed by atoms with van der Waals surface area (Å²) in [5.74, 6) is 0. The lowest BCUT2D eigenvalue weighted by atomic mass is 10.1. The van der Waals surface area contributed by atoms with Gasteiger partial charge in [0.05, 0.1) is 5.69 Å². The van der Waals surface area contributed by atoms with Crippen molar-refractivity contribution in [3.63, 3.8) is 0 Å². The van der Waals surface area contributed by atoms with E-state index in [1.54, 1.807) is 19.3 Å². The lowest BCUT2D eigenvalue weighted by molar-refractivity contribution is -0.135. The van der Waals surface area contributed by atoms with Crippen LogP contribution in [0.5, 0.6) is 0 Å². The Morgan fingerprint density at radius 1 is 1.38 bits per heavy atom. The summed E-state index contributed by atoms with van der Waals surface area (Å²) < 4.78 is 35.9. The first-order valence-electron chi connectivity index (χ1n) is 5.18. The van der Waals surface area contributed by atoms with Crippen molar-refractivity contribution in [2.75, 3.05) is 7.05 Å². The predicted molar refractivity (Wildman–Crippen MR) is 55.9 cm³/mol. The van der Waals surface area contributed by atoms with Gasteiger partial charge in [-0.2, -0.15) is 13.2 Å². The molecule has 16 heavy (non-hydrogen) atoms. The fourth-order valence-electron chi connectivity index (χ4n) is 1.53. The Hall–Kier alpha value is -1.10. The fourth-order valence-corrected chi connectivity index (χ4v) is 1.53. The molecule has 1 aromatic heterocycles. The predicted octanol–water partition coefficient (Wildman–Crippen LogP) is 3.07. The molecule has 1 unspecified atom stereocenters. The van der Waals surface area contributed by atoms with Crippen LogP contribution in [0.15, 0.2) is 24.4 Å². The van der Waals surface area contributed by atoms with Crippen LogP contribution in [0, 0.1) is 0 Å². The van der Waals surface area contributed by atoms with E-state index in [2.05, 4.69) is 10.3 Å². The maximum absolute atomic E-state index is 12.0. The third kappa shape index (κ3) is 4.61. The van der Waals surface area contributed by atoms with Crippen LogP contribution in [0.4, 0.5) is 13.2 Å². The van der Waals surface area contributed by atoms with E-state index < -0.39 is 12.6 Å². The first kappa shape index (κ1) is 13.0. The van der Waals surface area contributed by atoms with E-state index in [0.29, 0.717) is 6.42 Å². The van der Waals surface area contributed by atoms with E-state index in [1.807, 2.05) is 12.1 Å². The van der Waals surface area contributed by atoms with Crippen LogP contribution >= 0.6 is 0 Å². The van der Waals surface area contributed by atoms with Crippen LogP contribution in [0.3, 0.4) is 0 Å². The van der Waals surface area contributed by atoms with Gasteiger partial charge < -0.3 is 5.32 Å². The number of rotatable bonds is 5. The second-order valence-corrected chi connectivity index (χ2v) is 3.60. The molecule has 0 bridgehead atoms. The van der Waals surface area contributed by atoms with Gasteiger partial charge in [0.15, 0.2) is 0 Å². The van der Waals surface area contributed by atoms with Crippen molar-refractivity contribution in [1.29, 1.82) is 0 Å². The first-order chi connectivity index (χ1) is 7.53. The second kappa shape index (κ2) is 5.84. The maximum Gasteiger partial charge on any atom is 0.389 e. The van der Waals surface area contributed by atoms with Gasteiger partial charge in [0.1, 0.15) is 0 Å². The SMILES string of the molecule is CNC(CCCC(F)(F)F)c1ccccn1. The molecule has 1 rings (SSSR count). The molecule has 0 aromatic carbocycles. The molecule has 0 radical (unpaired) electrons. The minimum Gasteiger partial charge on any atom is -0.312 e. The van der Waals surface area contributed by atoms with Gasteiger partial charge in [0, 0.05) is 18.7 Å². The van der Waals surface area contributed by atoms with E-state index in [9.17, 15) is 13.2 Å². The zero-order chi connectivity index (χ0) is 12.0. The number of nitrogens with one attached hydrogen (secondary N) is 1. The highest BCUT2D eigenvalue weighted by Crippen LogP contribution is 2.25. The summed E-state index contributed by atoms with van der Waals surface area (Å²) in [7, 11) is 1.73. The van der Waals surface area contributed by atoms with Crippen LogP contribution in [-0.2, 0) is 0 Å². The molecular weight excluding hydrogens is 217 g/mol. The van der Waals surface area contributed by atoms with Gasteiger partial charge in [-0.05, 0) is 32.0 Å². The molecule has 0 saturated heterocycles. The standard InChI is InChI=1S/C11H15F3N2/c1-15-9(6-4-7-11(12,13)14)10-5-2-3-8-16-10/h2-3,5,8-9,15H,4,6-7H2,1H3. The molecule has 1 aromatic rings. The number of hydrogen-bond donors (Lipinski definition) is 1. The molecule has 0 aliphatic rings. The van der Waals surface area contributed by atoms with Crippen molar-refractivity contribution in [1.82, 2.24) is 10.3 Å². The van der Waals surface area contributed by atoms with Crippen molar-refractivity contribution in [3.05, 3.63) is 30.1 Å². The first-order valence-corrected chi connectivity index (χ1v) is 5.18. The van der Waals surface area contributed by atoms with Gasteiger partial charge in [-0.25, -0.2) is 0 Å². The molecule has 90 valence electrons. The van der Waals surface area contributed by atoms with Crippen LogP contribution in [0.1, 0.15) is 31.0 Å². The second-order valence-electron chi connectivity index (χ2n) is 3.60. The molecule has 0 aliphatic carbocycles. The molecule has 2 nitrogen and oxygen atoms in total. The summed E-state index contributed by atoms with van der Waals surface area (Å²) in [6.45, 7) is 0. The normalized spacial score (nSPS) is 13.8. The highest BCUT2D eigenvalue weighted by atomic mass is 19.4. The summed E-state index contributed by atoms with van der Waals surface area (Å²) >= 11 is 0. The number of alkyl halides is 3. The summed E-state index contributed by atoms with van der Waals surface area (Å²) in [6, 6.07) is 5.32. The summed E-state index contributed by atoms with van der Waals surface area (Å²) in [6.07, 6.45) is -2.61. The van der Waals surface area contributed by atoms with Gasteiger partial charge in [-0.15, -0.1) is 0 Å². The van der Waals surface area contributed by atoms with E-state index in [4.69, 9.17) is 0 Å². The van der Waals surface area contributed by atoms with Gasteiger partial charge >= 0.3 is 6.18 Å². The van der Waals surface area contributed by atoms with Crippen molar-refractivity contribution in [2.45, 2.75) is 31.5 Å². The van der Waals surface area contributed by atoms with E-state index in [0.717, 1.165) is 5.69 Å². The van der Waals surface area contributed by atoms with Gasteiger partial charge in [-0.3, -0.25) is 4.98 Å². The molecular formula is C11H15F3N2. The monoisotopic (exact) mass is 232 g/mol. The van der Waals surface area contributed by atoms with Crippen molar-refractivity contribution < 1.29 is 13.2 Å². The third-order valence-electron chi connectivity index (χ3n) is 2.35. The average molecular weight is 232 g/mol. The van der Waals surface area contributed by atoms with Crippen molar-refractivity contribution in [3.8, 4) is 0 Å². The molecule has 0 amide bonds. The molecule has 0 spiro atoms. The lowest BCUT2D eigenvalue weighted by Gasteiger charge is -2.15. The Labute approximate surface area is 92.9 Å². The molecule has 0 aliphatic heterocycles. The Morgan fingerprint density at radius 3 is 2.62 bits per heavy atom. The smallest absolute Gasteiger partial charge is 0.312 e. The zero-order valence-corrected chi connectivity index (χ0v) is 9.09. The topological polar surface area (TPSA) is 24.9 Å². The van der Waals surface area contributed by atoms with E-state index >= 15 is 0 Å². The Bertz CT molecular complexity index is 298. The van der Waals surface area contributed by atoms with Crippen molar-refractivity contribution >= 4 is 0 Å². The number of pyridine rings is 1. The lowest BCUT2D eigenvalue weighted by Crippen LogP contribution is -2.18. The molecule has 0 saturated carbocycles. The number of nitrogens with zero attached hydrogens (tertiary/aromatic N) is 1. The van der Waals surface area contributed by atoms with Crippen LogP contribution < -0.4 is 5.32 Å². The highest BCUT2D eigenvalue weighted by molar-refractivity contribution is 5.08. The zero-order valence-electron chi connectivity index (χ0n) is 9.09. The van der Waals surface area contributed by atoms with Crippen LogP contribution in [-0.4, -0.2) is 18.2 Å². The molecule has 0 fully saturated rings. The summed E-state index contributed by atoms with van der Waals surface area (Å²) in [5, 5.41) is 2.97. The quantitative estimate of drug-likeness (QED) is 0.843. The van der Waals surface area contributed by atoms with Crippen LogP contribution in [0.25, 0.3) is 0 Å². The molecule has 1 N–H and O–H groups in total. The fraction of sp³-hybridized carbons (Fsp3) is 0.545. The third-order valence-corrected chi connectivity index (χ3v) is 2.35. The van der Waals surface area contributed by atoms with E-state index in [1.165, 1.54) is 0 Å². The highest BCUT2D eigenvalue weighted by Gasteiger charge is 2.26. The van der Waals surface area contributed by atoms with E-state index in [-0.39, 0.29) is 12.5 Å². The van der Waals surface area contributed by atoms with Gasteiger partial charge in [-0.1, -0.05) is 6.07 Å². The Morgan fingerprint density at radius 2 is 2.12 bits per heavy atom. The molecule has 1 heterocycles. The minimum atomic E-state index is -4.07. The number of aromatic nitrogens is 1. The van der Waals surface area contributed by atoms with Gasteiger partial charge in [0.2, 0.25) is 0 Å². The Kier molecular flexibility index (Phi) is 4.73. The van der Waals surface area contributed by atoms with Crippen molar-refractivity contribution in [2.24, 2.45) is 0 Å². The van der Waals surface area contributed by atoms with Crippen LogP contribution in [0.2, 0.25) is 0 Å². The molecule has 5 heteroatoms. The number of hydrogen-bond acceptors (Lipinski definition) is 2. The minimum absolute atomic E-state index is 0.108.